The normalized spacial score (nSPS) is 10.7. The molecule has 6 heteroatoms. The van der Waals surface area contributed by atoms with Crippen LogP contribution >= 0.6 is 0 Å². The molecule has 34 heavy (non-hydrogen) atoms. The molecule has 0 atom stereocenters. The van der Waals surface area contributed by atoms with Crippen LogP contribution in [0.3, 0.4) is 0 Å². The monoisotopic (exact) mass is 446 g/mol. The molecule has 168 valence electrons. The lowest BCUT2D eigenvalue weighted by atomic mass is 10.1. The van der Waals surface area contributed by atoms with E-state index in [1.165, 1.54) is 11.1 Å². The Morgan fingerprint density at radius 2 is 1.35 bits per heavy atom. The lowest BCUT2D eigenvalue weighted by molar-refractivity contribution is 0.250. The van der Waals surface area contributed by atoms with Crippen molar-refractivity contribution in [2.45, 2.75) is 33.0 Å². The maximum Gasteiger partial charge on any atom is 0.147 e. The highest BCUT2D eigenvalue weighted by Gasteiger charge is 2.13. The molecule has 0 aliphatic carbocycles. The molecule has 0 radical (unpaired) electrons. The van der Waals surface area contributed by atoms with Crippen LogP contribution in [0.25, 0.3) is 0 Å². The molecule has 0 aliphatic rings. The van der Waals surface area contributed by atoms with Crippen LogP contribution in [0.4, 0.5) is 0 Å². The van der Waals surface area contributed by atoms with Crippen LogP contribution < -0.4 is 0 Å². The fourth-order valence-electron chi connectivity index (χ4n) is 3.81. The van der Waals surface area contributed by atoms with Gasteiger partial charge in [0, 0.05) is 13.1 Å². The highest BCUT2D eigenvalue weighted by Crippen LogP contribution is 2.14. The van der Waals surface area contributed by atoms with Crippen LogP contribution in [0.15, 0.2) is 79.1 Å². The van der Waals surface area contributed by atoms with Gasteiger partial charge in [-0.2, -0.15) is 10.5 Å². The lowest BCUT2D eigenvalue weighted by Gasteiger charge is -2.22. The number of aromatic nitrogens is 3. The highest BCUT2D eigenvalue weighted by molar-refractivity contribution is 5.32. The zero-order valence-electron chi connectivity index (χ0n) is 19.2. The zero-order valence-corrected chi connectivity index (χ0v) is 19.2. The van der Waals surface area contributed by atoms with Crippen molar-refractivity contribution in [3.05, 3.63) is 118 Å². The zero-order chi connectivity index (χ0) is 23.8. The maximum absolute atomic E-state index is 9.10. The van der Waals surface area contributed by atoms with Gasteiger partial charge in [0.2, 0.25) is 0 Å². The van der Waals surface area contributed by atoms with Crippen LogP contribution in [0.1, 0.15) is 39.2 Å². The largest absolute Gasteiger partial charge is 0.312 e. The fraction of sp³-hybridized carbons (Fsp3) is 0.214. The molecule has 0 spiro atoms. The summed E-state index contributed by atoms with van der Waals surface area (Å²) in [6.07, 6.45) is 2.69. The van der Waals surface area contributed by atoms with Crippen LogP contribution in [0.5, 0.6) is 0 Å². The molecule has 1 aromatic heterocycles. The van der Waals surface area contributed by atoms with Gasteiger partial charge in [-0.1, -0.05) is 54.1 Å². The standard InChI is InChI=1S/C28H26N6/c1-22-2-4-23(5-3-22)14-15-33(18-26-10-6-24(16-29)7-11-26)20-28-32-31-21-34(28)19-27-12-8-25(17-30)9-13-27/h2-13,21H,14-15,18-20H2,1H3. The minimum atomic E-state index is 0.650. The van der Waals surface area contributed by atoms with Gasteiger partial charge in [-0.05, 0) is 54.3 Å². The second kappa shape index (κ2) is 11.0. The number of hydrogen-bond donors (Lipinski definition) is 0. The van der Waals surface area contributed by atoms with Crippen molar-refractivity contribution in [1.82, 2.24) is 19.7 Å². The summed E-state index contributed by atoms with van der Waals surface area (Å²) < 4.78 is 2.05. The third kappa shape index (κ3) is 6.16. The minimum absolute atomic E-state index is 0.650. The molecule has 0 bridgehead atoms. The summed E-state index contributed by atoms with van der Waals surface area (Å²) in [5.41, 5.74) is 6.12. The summed E-state index contributed by atoms with van der Waals surface area (Å²) in [4.78, 5) is 2.36. The number of rotatable bonds is 9. The van der Waals surface area contributed by atoms with Gasteiger partial charge >= 0.3 is 0 Å². The molecule has 3 aromatic carbocycles. The Kier molecular flexibility index (Phi) is 7.45. The number of hydrogen-bond acceptors (Lipinski definition) is 5. The Morgan fingerprint density at radius 1 is 0.765 bits per heavy atom. The first-order valence-corrected chi connectivity index (χ1v) is 11.3. The van der Waals surface area contributed by atoms with Gasteiger partial charge in [-0.15, -0.1) is 10.2 Å². The maximum atomic E-state index is 9.10. The molecule has 4 aromatic rings. The Hall–Kier alpha value is -4.26. The summed E-state index contributed by atoms with van der Waals surface area (Å²) in [5.74, 6) is 0.891. The Bertz CT molecular complexity index is 1290. The van der Waals surface area contributed by atoms with E-state index in [1.54, 1.807) is 6.33 Å². The average Bonchev–Trinajstić information content (AvgIpc) is 3.30. The molecule has 0 amide bonds. The van der Waals surface area contributed by atoms with Gasteiger partial charge in [-0.25, -0.2) is 0 Å². The molecule has 0 fully saturated rings. The van der Waals surface area contributed by atoms with E-state index in [-0.39, 0.29) is 0 Å². The van der Waals surface area contributed by atoms with E-state index >= 15 is 0 Å². The average molecular weight is 447 g/mol. The van der Waals surface area contributed by atoms with Crippen molar-refractivity contribution < 1.29 is 0 Å². The number of benzene rings is 3. The summed E-state index contributed by atoms with van der Waals surface area (Å²) in [6, 6.07) is 28.3. The van der Waals surface area contributed by atoms with Crippen LogP contribution in [0, 0.1) is 29.6 Å². The van der Waals surface area contributed by atoms with Crippen LogP contribution in [0.2, 0.25) is 0 Å². The molecular weight excluding hydrogens is 420 g/mol. The van der Waals surface area contributed by atoms with Crippen molar-refractivity contribution in [2.24, 2.45) is 0 Å². The Balaban J connectivity index is 1.50. The first-order valence-electron chi connectivity index (χ1n) is 11.3. The second-order valence-corrected chi connectivity index (χ2v) is 8.44. The van der Waals surface area contributed by atoms with Gasteiger partial charge < -0.3 is 4.57 Å². The predicted octanol–water partition coefficient (Wildman–Crippen LogP) is 4.62. The fourth-order valence-corrected chi connectivity index (χ4v) is 3.81. The van der Waals surface area contributed by atoms with E-state index in [9.17, 15) is 0 Å². The Labute approximate surface area is 200 Å². The molecule has 0 saturated carbocycles. The van der Waals surface area contributed by atoms with E-state index in [4.69, 9.17) is 10.5 Å². The van der Waals surface area contributed by atoms with E-state index < -0.39 is 0 Å². The first kappa shape index (κ1) is 22.9. The molecule has 0 saturated heterocycles. The Morgan fingerprint density at radius 3 is 1.97 bits per heavy atom. The van der Waals surface area contributed by atoms with Crippen molar-refractivity contribution in [2.75, 3.05) is 6.54 Å². The predicted molar refractivity (Wildman–Crippen MR) is 130 cm³/mol. The van der Waals surface area contributed by atoms with Crippen LogP contribution in [-0.4, -0.2) is 26.2 Å². The summed E-state index contributed by atoms with van der Waals surface area (Å²) in [5, 5.41) is 26.7. The molecular formula is C28H26N6. The van der Waals surface area contributed by atoms with E-state index in [0.29, 0.717) is 24.2 Å². The topological polar surface area (TPSA) is 81.5 Å². The first-order chi connectivity index (χ1) is 16.6. The molecule has 1 heterocycles. The van der Waals surface area contributed by atoms with E-state index in [1.807, 2.05) is 48.5 Å². The molecule has 4 rings (SSSR count). The van der Waals surface area contributed by atoms with Crippen molar-refractivity contribution >= 4 is 0 Å². The molecule has 0 N–H and O–H groups in total. The molecule has 0 aliphatic heterocycles. The minimum Gasteiger partial charge on any atom is -0.312 e. The SMILES string of the molecule is Cc1ccc(CCN(Cc2ccc(C#N)cc2)Cc2nncn2Cc2ccc(C#N)cc2)cc1. The quantitative estimate of drug-likeness (QED) is 0.375. The van der Waals surface area contributed by atoms with E-state index in [2.05, 4.69) is 63.0 Å². The second-order valence-electron chi connectivity index (χ2n) is 8.44. The number of aryl methyl sites for hydroxylation is 1. The smallest absolute Gasteiger partial charge is 0.147 e. The van der Waals surface area contributed by atoms with Gasteiger partial charge in [0.25, 0.3) is 0 Å². The number of nitriles is 2. The highest BCUT2D eigenvalue weighted by atomic mass is 15.3. The lowest BCUT2D eigenvalue weighted by Crippen LogP contribution is -2.27. The van der Waals surface area contributed by atoms with Gasteiger partial charge in [0.05, 0.1) is 36.4 Å². The van der Waals surface area contributed by atoms with Crippen LogP contribution in [-0.2, 0) is 26.1 Å². The van der Waals surface area contributed by atoms with E-state index in [0.717, 1.165) is 36.5 Å². The van der Waals surface area contributed by atoms with Crippen molar-refractivity contribution in [3.8, 4) is 12.1 Å². The third-order valence-corrected chi connectivity index (χ3v) is 5.82. The van der Waals surface area contributed by atoms with Crippen molar-refractivity contribution in [3.63, 3.8) is 0 Å². The van der Waals surface area contributed by atoms with Crippen molar-refractivity contribution in [1.29, 1.82) is 10.5 Å². The van der Waals surface area contributed by atoms with Gasteiger partial charge in [0.15, 0.2) is 0 Å². The molecule has 6 nitrogen and oxygen atoms in total. The van der Waals surface area contributed by atoms with Gasteiger partial charge in [0.1, 0.15) is 12.2 Å². The summed E-state index contributed by atoms with van der Waals surface area (Å²) in [6.45, 7) is 5.02. The summed E-state index contributed by atoms with van der Waals surface area (Å²) >= 11 is 0. The molecule has 0 unspecified atom stereocenters. The number of nitrogens with zero attached hydrogens (tertiary/aromatic N) is 6. The summed E-state index contributed by atoms with van der Waals surface area (Å²) in [7, 11) is 0. The van der Waals surface area contributed by atoms with Gasteiger partial charge in [-0.3, -0.25) is 4.90 Å². The third-order valence-electron chi connectivity index (χ3n) is 5.82.